The molecule has 3 heterocycles. The number of carbonyl (C=O) groups excluding carboxylic acids is 2. The Balaban J connectivity index is 1.56. The first-order valence-corrected chi connectivity index (χ1v) is 8.90. The van der Waals surface area contributed by atoms with Crippen molar-refractivity contribution < 1.29 is 9.59 Å². The summed E-state index contributed by atoms with van der Waals surface area (Å²) in [5, 5.41) is 2.80. The highest BCUT2D eigenvalue weighted by Gasteiger charge is 2.28. The van der Waals surface area contributed by atoms with Gasteiger partial charge in [-0.05, 0) is 32.6 Å². The Morgan fingerprint density at radius 2 is 2.25 bits per heavy atom. The van der Waals surface area contributed by atoms with Crippen molar-refractivity contribution in [3.05, 3.63) is 18.2 Å². The van der Waals surface area contributed by atoms with E-state index in [4.69, 9.17) is 0 Å². The van der Waals surface area contributed by atoms with Crippen LogP contribution in [0.1, 0.15) is 31.5 Å². The van der Waals surface area contributed by atoms with Gasteiger partial charge in [-0.25, -0.2) is 4.98 Å². The quantitative estimate of drug-likeness (QED) is 0.846. The summed E-state index contributed by atoms with van der Waals surface area (Å²) < 4.78 is 2.15. The van der Waals surface area contributed by atoms with Crippen LogP contribution >= 0.6 is 0 Å². The second kappa shape index (κ2) is 7.79. The smallest absolute Gasteiger partial charge is 0.237 e. The minimum absolute atomic E-state index is 0.0137. The summed E-state index contributed by atoms with van der Waals surface area (Å²) in [7, 11) is 0. The van der Waals surface area contributed by atoms with E-state index in [-0.39, 0.29) is 11.8 Å². The van der Waals surface area contributed by atoms with Crippen molar-refractivity contribution in [2.24, 2.45) is 0 Å². The number of nitrogens with zero attached hydrogens (tertiary/aromatic N) is 4. The van der Waals surface area contributed by atoms with Gasteiger partial charge in [-0.1, -0.05) is 0 Å². The lowest BCUT2D eigenvalue weighted by Gasteiger charge is -2.37. The molecule has 7 nitrogen and oxygen atoms in total. The molecule has 0 aliphatic carbocycles. The number of imidazole rings is 1. The number of piperidine rings is 1. The molecule has 132 valence electrons. The number of carbonyl (C=O) groups is 2. The van der Waals surface area contributed by atoms with Crippen LogP contribution < -0.4 is 5.32 Å². The van der Waals surface area contributed by atoms with Crippen LogP contribution in [0.3, 0.4) is 0 Å². The molecule has 2 aliphatic heterocycles. The monoisotopic (exact) mass is 333 g/mol. The Hall–Kier alpha value is -1.89. The number of amides is 2. The summed E-state index contributed by atoms with van der Waals surface area (Å²) in [4.78, 5) is 32.5. The van der Waals surface area contributed by atoms with Crippen LogP contribution in [0.4, 0.5) is 0 Å². The van der Waals surface area contributed by atoms with Crippen LogP contribution in [0.2, 0.25) is 0 Å². The van der Waals surface area contributed by atoms with Gasteiger partial charge < -0.3 is 14.8 Å². The molecule has 1 aromatic heterocycles. The normalized spacial score (nSPS) is 22.5. The zero-order chi connectivity index (χ0) is 16.9. The topological polar surface area (TPSA) is 70.5 Å². The summed E-state index contributed by atoms with van der Waals surface area (Å²) in [6.07, 6.45) is 8.11. The third kappa shape index (κ3) is 4.14. The molecule has 0 spiro atoms. The molecule has 1 aromatic rings. The average molecular weight is 333 g/mol. The second-order valence-corrected chi connectivity index (χ2v) is 6.75. The Kier molecular flexibility index (Phi) is 5.50. The lowest BCUT2D eigenvalue weighted by atomic mass is 9.99. The van der Waals surface area contributed by atoms with E-state index >= 15 is 0 Å². The number of piperazine rings is 1. The third-order valence-corrected chi connectivity index (χ3v) is 5.05. The van der Waals surface area contributed by atoms with Crippen LogP contribution in [0, 0.1) is 6.92 Å². The summed E-state index contributed by atoms with van der Waals surface area (Å²) in [5.41, 5.74) is 0. The van der Waals surface area contributed by atoms with Gasteiger partial charge in [0, 0.05) is 44.6 Å². The molecule has 2 saturated heterocycles. The molecule has 0 bridgehead atoms. The highest BCUT2D eigenvalue weighted by molar-refractivity contribution is 5.82. The summed E-state index contributed by atoms with van der Waals surface area (Å²) >= 11 is 0. The SMILES string of the molecule is Cc1nccn1CC[C@@H]1CCCCN1C(=O)CN1CCNC(=O)C1. The Bertz CT molecular complexity index is 585. The minimum Gasteiger partial charge on any atom is -0.354 e. The van der Waals surface area contributed by atoms with Crippen molar-refractivity contribution in [3.63, 3.8) is 0 Å². The van der Waals surface area contributed by atoms with Crippen LogP contribution in [-0.2, 0) is 16.1 Å². The first-order valence-electron chi connectivity index (χ1n) is 8.90. The van der Waals surface area contributed by atoms with Gasteiger partial charge in [0.05, 0.1) is 13.1 Å². The minimum atomic E-state index is 0.0137. The van der Waals surface area contributed by atoms with E-state index in [0.29, 0.717) is 25.7 Å². The van der Waals surface area contributed by atoms with Crippen LogP contribution in [-0.4, -0.2) is 69.9 Å². The summed E-state index contributed by atoms with van der Waals surface area (Å²) in [6, 6.07) is 0.298. The molecule has 0 radical (unpaired) electrons. The molecule has 1 N–H and O–H groups in total. The van der Waals surface area contributed by atoms with Crippen molar-refractivity contribution >= 4 is 11.8 Å². The van der Waals surface area contributed by atoms with Gasteiger partial charge in [-0.3, -0.25) is 14.5 Å². The number of likely N-dealkylation sites (tertiary alicyclic amines) is 1. The van der Waals surface area contributed by atoms with Crippen molar-refractivity contribution in [2.75, 3.05) is 32.7 Å². The predicted molar refractivity (Wildman–Crippen MR) is 90.4 cm³/mol. The van der Waals surface area contributed by atoms with Crippen LogP contribution in [0.25, 0.3) is 0 Å². The van der Waals surface area contributed by atoms with Crippen molar-refractivity contribution in [1.29, 1.82) is 0 Å². The van der Waals surface area contributed by atoms with Gasteiger partial charge in [-0.15, -0.1) is 0 Å². The van der Waals surface area contributed by atoms with E-state index in [1.807, 2.05) is 29.1 Å². The zero-order valence-electron chi connectivity index (χ0n) is 14.4. The molecule has 24 heavy (non-hydrogen) atoms. The molecule has 2 aliphatic rings. The van der Waals surface area contributed by atoms with Crippen LogP contribution in [0.15, 0.2) is 12.4 Å². The number of rotatable bonds is 5. The fourth-order valence-electron chi connectivity index (χ4n) is 3.67. The van der Waals surface area contributed by atoms with E-state index in [1.54, 1.807) is 0 Å². The van der Waals surface area contributed by atoms with Crippen LogP contribution in [0.5, 0.6) is 0 Å². The van der Waals surface area contributed by atoms with E-state index in [9.17, 15) is 9.59 Å². The van der Waals surface area contributed by atoms with Gasteiger partial charge in [0.25, 0.3) is 0 Å². The highest BCUT2D eigenvalue weighted by atomic mass is 16.2. The number of hydrogen-bond donors (Lipinski definition) is 1. The molecule has 3 rings (SSSR count). The predicted octanol–water partition coefficient (Wildman–Crippen LogP) is 0.395. The second-order valence-electron chi connectivity index (χ2n) is 6.75. The maximum atomic E-state index is 12.7. The molecule has 2 amide bonds. The Labute approximate surface area is 143 Å². The number of nitrogens with one attached hydrogen (secondary N) is 1. The highest BCUT2D eigenvalue weighted by Crippen LogP contribution is 2.21. The first kappa shape index (κ1) is 17.0. The van der Waals surface area contributed by atoms with Crippen molar-refractivity contribution in [3.8, 4) is 0 Å². The van der Waals surface area contributed by atoms with Gasteiger partial charge in [0.15, 0.2) is 0 Å². The van der Waals surface area contributed by atoms with Crippen molar-refractivity contribution in [1.82, 2.24) is 24.7 Å². The molecule has 7 heteroatoms. The van der Waals surface area contributed by atoms with E-state index in [1.165, 1.54) is 6.42 Å². The van der Waals surface area contributed by atoms with Gasteiger partial charge >= 0.3 is 0 Å². The molecule has 1 atom stereocenters. The first-order chi connectivity index (χ1) is 11.6. The molecular weight excluding hydrogens is 306 g/mol. The molecule has 0 aromatic carbocycles. The fourth-order valence-corrected chi connectivity index (χ4v) is 3.67. The van der Waals surface area contributed by atoms with Gasteiger partial charge in [0.2, 0.25) is 11.8 Å². The van der Waals surface area contributed by atoms with Crippen molar-refractivity contribution in [2.45, 2.75) is 45.2 Å². The molecular formula is C17H27N5O2. The van der Waals surface area contributed by atoms with Gasteiger partial charge in [-0.2, -0.15) is 0 Å². The van der Waals surface area contributed by atoms with Gasteiger partial charge in [0.1, 0.15) is 5.82 Å². The lowest BCUT2D eigenvalue weighted by molar-refractivity contribution is -0.137. The Morgan fingerprint density at radius 1 is 1.38 bits per heavy atom. The molecule has 0 unspecified atom stereocenters. The maximum absolute atomic E-state index is 12.7. The average Bonchev–Trinajstić information content (AvgIpc) is 2.98. The van der Waals surface area contributed by atoms with E-state index < -0.39 is 0 Å². The third-order valence-electron chi connectivity index (χ3n) is 5.05. The summed E-state index contributed by atoms with van der Waals surface area (Å²) in [5.74, 6) is 1.19. The largest absolute Gasteiger partial charge is 0.354 e. The van der Waals surface area contributed by atoms with E-state index in [0.717, 1.165) is 44.7 Å². The number of hydrogen-bond acceptors (Lipinski definition) is 4. The maximum Gasteiger partial charge on any atom is 0.237 e. The number of aryl methyl sites for hydroxylation is 2. The van der Waals surface area contributed by atoms with E-state index in [2.05, 4.69) is 14.9 Å². The number of aromatic nitrogens is 2. The zero-order valence-corrected chi connectivity index (χ0v) is 14.4. The lowest BCUT2D eigenvalue weighted by Crippen LogP contribution is -2.53. The molecule has 2 fully saturated rings. The Morgan fingerprint density at radius 3 is 3.00 bits per heavy atom. The fraction of sp³-hybridized carbons (Fsp3) is 0.706. The standard InChI is InChI=1S/C17H27N5O2/c1-14-18-7-11-21(14)9-5-15-4-2-3-8-22(15)17(24)13-20-10-6-19-16(23)12-20/h7,11,15H,2-6,8-10,12-13H2,1H3,(H,19,23)/t15-/m0/s1. The summed E-state index contributed by atoms with van der Waals surface area (Å²) in [6.45, 7) is 5.82. The molecule has 0 saturated carbocycles.